The van der Waals surface area contributed by atoms with Gasteiger partial charge in [0, 0.05) is 11.1 Å². The molecule has 0 unspecified atom stereocenters. The van der Waals surface area contributed by atoms with Gasteiger partial charge in [-0.1, -0.05) is 91.8 Å². The molecule has 0 aliphatic heterocycles. The van der Waals surface area contributed by atoms with Gasteiger partial charge >= 0.3 is 0 Å². The van der Waals surface area contributed by atoms with E-state index in [1.807, 2.05) is 0 Å². The predicted octanol–water partition coefficient (Wildman–Crippen LogP) is 7.44. The number of carbonyl (C=O) groups excluding carboxylic acids is 1. The highest BCUT2D eigenvalue weighted by Crippen LogP contribution is 2.40. The Bertz CT molecular complexity index is 729. The van der Waals surface area contributed by atoms with Crippen LogP contribution in [0.15, 0.2) is 36.4 Å². The van der Waals surface area contributed by atoms with Gasteiger partial charge < -0.3 is 0 Å². The van der Waals surface area contributed by atoms with Crippen molar-refractivity contribution in [2.45, 2.75) is 79.1 Å². The molecule has 0 fully saturated rings. The molecule has 0 radical (unpaired) electrons. The van der Waals surface area contributed by atoms with Gasteiger partial charge in [-0.05, 0) is 45.9 Å². The van der Waals surface area contributed by atoms with Crippen LogP contribution in [0.3, 0.4) is 0 Å². The van der Waals surface area contributed by atoms with Gasteiger partial charge in [-0.3, -0.25) is 0 Å². The first kappa shape index (κ1) is 21.2. The van der Waals surface area contributed by atoms with Crippen LogP contribution < -0.4 is 0 Å². The highest BCUT2D eigenvalue weighted by atomic mass is 16.1. The van der Waals surface area contributed by atoms with E-state index in [4.69, 9.17) is 0 Å². The van der Waals surface area contributed by atoms with E-state index in [1.54, 1.807) is 0 Å². The number of benzene rings is 2. The fourth-order valence-corrected chi connectivity index (χ4v) is 3.91. The molecule has 0 N–H and O–H groups in total. The first-order chi connectivity index (χ1) is 12.7. The molecule has 144 valence electrons. The van der Waals surface area contributed by atoms with Crippen molar-refractivity contribution in [3.8, 4) is 0 Å². The van der Waals surface area contributed by atoms with E-state index in [-0.39, 0.29) is 0 Å². The second-order valence-electron chi connectivity index (χ2n) is 8.72. The summed E-state index contributed by atoms with van der Waals surface area (Å²) in [6.45, 7) is 17.6. The van der Waals surface area contributed by atoms with Gasteiger partial charge in [0.05, 0.1) is 5.57 Å². The Labute approximate surface area is 165 Å². The molecule has 0 saturated heterocycles. The summed E-state index contributed by atoms with van der Waals surface area (Å²) < 4.78 is 0. The molecular formula is C26H34O. The molecule has 0 heterocycles. The fourth-order valence-electron chi connectivity index (χ4n) is 3.91. The third-order valence-corrected chi connectivity index (χ3v) is 5.35. The molecule has 0 aliphatic carbocycles. The standard InChI is InChI=1S/C26H34O/c1-16(2)20-11-9-12-21(17(3)4)25(20)24(15-27)26-22(18(5)6)13-10-14-23(26)19(7)8/h9-14,16-19H,1-8H3. The molecule has 2 rings (SSSR count). The van der Waals surface area contributed by atoms with Crippen LogP contribution in [0.4, 0.5) is 0 Å². The average molecular weight is 363 g/mol. The quantitative estimate of drug-likeness (QED) is 0.488. The summed E-state index contributed by atoms with van der Waals surface area (Å²) in [4.78, 5) is 12.4. The van der Waals surface area contributed by atoms with Gasteiger partial charge in [0.2, 0.25) is 0 Å². The third kappa shape index (κ3) is 4.25. The molecule has 0 aromatic heterocycles. The zero-order chi connectivity index (χ0) is 20.3. The SMILES string of the molecule is CC(C)c1cccc(C(C)C)c1C(=C=O)c1c(C(C)C)cccc1C(C)C. The lowest BCUT2D eigenvalue weighted by molar-refractivity contribution is 0.569. The van der Waals surface area contributed by atoms with Crippen LogP contribution in [0.1, 0.15) is 112 Å². The van der Waals surface area contributed by atoms with Crippen LogP contribution in [0.2, 0.25) is 0 Å². The number of hydrogen-bond acceptors (Lipinski definition) is 1. The van der Waals surface area contributed by atoms with Crippen molar-refractivity contribution in [2.24, 2.45) is 0 Å². The van der Waals surface area contributed by atoms with Gasteiger partial charge in [0.1, 0.15) is 5.94 Å². The summed E-state index contributed by atoms with van der Waals surface area (Å²) in [6, 6.07) is 12.9. The molecule has 2 aromatic carbocycles. The first-order valence-corrected chi connectivity index (χ1v) is 10.2. The van der Waals surface area contributed by atoms with Gasteiger partial charge in [-0.15, -0.1) is 0 Å². The monoisotopic (exact) mass is 362 g/mol. The Morgan fingerprint density at radius 2 is 0.852 bits per heavy atom. The van der Waals surface area contributed by atoms with Gasteiger partial charge in [0.25, 0.3) is 0 Å². The lowest BCUT2D eigenvalue weighted by Gasteiger charge is -2.25. The smallest absolute Gasteiger partial charge is 0.133 e. The van der Waals surface area contributed by atoms with Crippen molar-refractivity contribution in [3.05, 3.63) is 69.8 Å². The average Bonchev–Trinajstić information content (AvgIpc) is 2.61. The summed E-state index contributed by atoms with van der Waals surface area (Å²) in [6.07, 6.45) is 0. The second-order valence-corrected chi connectivity index (χ2v) is 8.72. The van der Waals surface area contributed by atoms with Crippen LogP contribution in [0.5, 0.6) is 0 Å². The summed E-state index contributed by atoms with van der Waals surface area (Å²) >= 11 is 0. The Morgan fingerprint density at radius 1 is 0.593 bits per heavy atom. The fraction of sp³-hybridized carbons (Fsp3) is 0.462. The third-order valence-electron chi connectivity index (χ3n) is 5.35. The topological polar surface area (TPSA) is 17.1 Å². The van der Waals surface area contributed by atoms with Crippen molar-refractivity contribution in [1.29, 1.82) is 0 Å². The molecule has 0 spiro atoms. The van der Waals surface area contributed by atoms with Crippen LogP contribution >= 0.6 is 0 Å². The van der Waals surface area contributed by atoms with Crippen LogP contribution in [0.25, 0.3) is 5.57 Å². The van der Waals surface area contributed by atoms with Crippen LogP contribution in [0, 0.1) is 0 Å². The molecule has 0 amide bonds. The molecule has 1 nitrogen and oxygen atoms in total. The lowest BCUT2D eigenvalue weighted by atomic mass is 9.78. The van der Waals surface area contributed by atoms with Gasteiger partial charge in [-0.25, -0.2) is 4.79 Å². The van der Waals surface area contributed by atoms with Gasteiger partial charge in [-0.2, -0.15) is 0 Å². The highest BCUT2D eigenvalue weighted by Gasteiger charge is 2.24. The molecule has 0 aliphatic rings. The minimum absolute atomic E-state index is 0.343. The number of rotatable bonds is 6. The predicted molar refractivity (Wildman–Crippen MR) is 117 cm³/mol. The maximum Gasteiger partial charge on any atom is 0.133 e. The largest absolute Gasteiger partial charge is 0.233 e. The van der Waals surface area contributed by atoms with Crippen LogP contribution in [-0.4, -0.2) is 5.94 Å². The highest BCUT2D eigenvalue weighted by molar-refractivity contribution is 6.01. The van der Waals surface area contributed by atoms with E-state index in [1.165, 1.54) is 22.3 Å². The Kier molecular flexibility index (Phi) is 6.84. The lowest BCUT2D eigenvalue weighted by Crippen LogP contribution is -2.09. The van der Waals surface area contributed by atoms with Gasteiger partial charge in [0.15, 0.2) is 0 Å². The van der Waals surface area contributed by atoms with Crippen molar-refractivity contribution in [2.75, 3.05) is 0 Å². The molecule has 0 saturated carbocycles. The second kappa shape index (κ2) is 8.72. The first-order valence-electron chi connectivity index (χ1n) is 10.2. The summed E-state index contributed by atoms with van der Waals surface area (Å²) in [5, 5.41) is 0. The molecule has 2 aromatic rings. The Balaban J connectivity index is 2.95. The molecular weight excluding hydrogens is 328 g/mol. The zero-order valence-corrected chi connectivity index (χ0v) is 18.2. The normalized spacial score (nSPS) is 11.6. The zero-order valence-electron chi connectivity index (χ0n) is 18.2. The van der Waals surface area contributed by atoms with E-state index in [9.17, 15) is 4.79 Å². The van der Waals surface area contributed by atoms with E-state index >= 15 is 0 Å². The minimum Gasteiger partial charge on any atom is -0.233 e. The van der Waals surface area contributed by atoms with E-state index in [2.05, 4.69) is 97.7 Å². The summed E-state index contributed by atoms with van der Waals surface area (Å²) in [7, 11) is 0. The van der Waals surface area contributed by atoms with Crippen molar-refractivity contribution in [1.82, 2.24) is 0 Å². The maximum absolute atomic E-state index is 12.4. The Hall–Kier alpha value is -2.11. The van der Waals surface area contributed by atoms with Crippen molar-refractivity contribution >= 4 is 11.5 Å². The summed E-state index contributed by atoms with van der Waals surface area (Å²) in [5.74, 6) is 3.76. The Morgan fingerprint density at radius 3 is 1.04 bits per heavy atom. The van der Waals surface area contributed by atoms with E-state index in [0.717, 1.165) is 16.7 Å². The minimum atomic E-state index is 0.343. The van der Waals surface area contributed by atoms with E-state index in [0.29, 0.717) is 23.7 Å². The molecule has 1 heteroatoms. The molecule has 27 heavy (non-hydrogen) atoms. The number of hydrogen-bond donors (Lipinski definition) is 0. The van der Waals surface area contributed by atoms with Crippen LogP contribution in [-0.2, 0) is 4.79 Å². The van der Waals surface area contributed by atoms with Crippen molar-refractivity contribution in [3.63, 3.8) is 0 Å². The summed E-state index contributed by atoms with van der Waals surface area (Å²) in [5.41, 5.74) is 7.83. The molecule has 0 atom stereocenters. The van der Waals surface area contributed by atoms with E-state index < -0.39 is 0 Å². The molecule has 0 bridgehead atoms. The van der Waals surface area contributed by atoms with Crippen molar-refractivity contribution < 1.29 is 4.79 Å². The maximum atomic E-state index is 12.4.